The quantitative estimate of drug-likeness (QED) is 0.862. The highest BCUT2D eigenvalue weighted by atomic mass is 35.5. The van der Waals surface area contributed by atoms with E-state index in [1.54, 1.807) is 0 Å². The lowest BCUT2D eigenvalue weighted by Crippen LogP contribution is -2.22. The van der Waals surface area contributed by atoms with Gasteiger partial charge < -0.3 is 5.32 Å². The van der Waals surface area contributed by atoms with Gasteiger partial charge in [0.05, 0.1) is 17.4 Å². The van der Waals surface area contributed by atoms with E-state index in [4.69, 9.17) is 11.6 Å². The second kappa shape index (κ2) is 6.37. The molecule has 0 saturated heterocycles. The average Bonchev–Trinajstić information content (AvgIpc) is 2.85. The Bertz CT molecular complexity index is 540. The van der Waals surface area contributed by atoms with Gasteiger partial charge in [0.25, 0.3) is 0 Å². The van der Waals surface area contributed by atoms with Gasteiger partial charge in [-0.05, 0) is 51.4 Å². The Hall–Kier alpha value is -1.39. The first kappa shape index (κ1) is 15.0. The molecule has 0 unspecified atom stereocenters. The molecule has 1 N–H and O–H groups in total. The van der Waals surface area contributed by atoms with E-state index in [0.717, 1.165) is 30.2 Å². The van der Waals surface area contributed by atoms with E-state index in [0.29, 0.717) is 0 Å². The van der Waals surface area contributed by atoms with Crippen molar-refractivity contribution in [3.05, 3.63) is 46.7 Å². The molecular weight excluding hydrogens is 272 g/mol. The minimum atomic E-state index is -0.0193. The zero-order valence-electron chi connectivity index (χ0n) is 12.2. The predicted octanol–water partition coefficient (Wildman–Crippen LogP) is 3.02. The summed E-state index contributed by atoms with van der Waals surface area (Å²) < 4.78 is 1.89. The summed E-state index contributed by atoms with van der Waals surface area (Å²) in [6.45, 7) is 7.98. The van der Waals surface area contributed by atoms with Crippen molar-refractivity contribution in [2.45, 2.75) is 39.3 Å². The SMILES string of the molecule is CC(C)(C)n1cc(CNCCc2ccc(Cl)cc2)nn1. The van der Waals surface area contributed by atoms with E-state index in [9.17, 15) is 0 Å². The van der Waals surface area contributed by atoms with Crippen molar-refractivity contribution in [3.63, 3.8) is 0 Å². The van der Waals surface area contributed by atoms with Gasteiger partial charge >= 0.3 is 0 Å². The van der Waals surface area contributed by atoms with Gasteiger partial charge in [-0.2, -0.15) is 0 Å². The molecule has 2 rings (SSSR count). The lowest BCUT2D eigenvalue weighted by atomic mass is 10.1. The summed E-state index contributed by atoms with van der Waals surface area (Å²) in [7, 11) is 0. The number of aromatic nitrogens is 3. The Kier molecular flexibility index (Phi) is 4.78. The Morgan fingerprint density at radius 2 is 1.90 bits per heavy atom. The van der Waals surface area contributed by atoms with Crippen LogP contribution in [0.4, 0.5) is 0 Å². The predicted molar refractivity (Wildman–Crippen MR) is 81.9 cm³/mol. The van der Waals surface area contributed by atoms with Gasteiger partial charge in [-0.1, -0.05) is 28.9 Å². The second-order valence-corrected chi connectivity index (χ2v) is 6.31. The monoisotopic (exact) mass is 292 g/mol. The summed E-state index contributed by atoms with van der Waals surface area (Å²) in [5, 5.41) is 12.5. The van der Waals surface area contributed by atoms with Crippen molar-refractivity contribution in [2.24, 2.45) is 0 Å². The van der Waals surface area contributed by atoms with Gasteiger partial charge in [-0.3, -0.25) is 0 Å². The fourth-order valence-corrected chi connectivity index (χ4v) is 1.93. The molecule has 2 aromatic rings. The number of hydrogen-bond acceptors (Lipinski definition) is 3. The molecule has 0 fully saturated rings. The number of nitrogens with one attached hydrogen (secondary N) is 1. The second-order valence-electron chi connectivity index (χ2n) is 5.88. The maximum absolute atomic E-state index is 5.86. The Morgan fingerprint density at radius 1 is 1.20 bits per heavy atom. The first-order valence-corrected chi connectivity index (χ1v) is 7.20. The van der Waals surface area contributed by atoms with Crippen LogP contribution in [0.15, 0.2) is 30.5 Å². The molecule has 0 aliphatic carbocycles. The third-order valence-corrected chi connectivity index (χ3v) is 3.29. The number of hydrogen-bond donors (Lipinski definition) is 1. The number of nitrogens with zero attached hydrogens (tertiary/aromatic N) is 3. The van der Waals surface area contributed by atoms with E-state index >= 15 is 0 Å². The van der Waals surface area contributed by atoms with Gasteiger partial charge in [0.2, 0.25) is 0 Å². The van der Waals surface area contributed by atoms with Gasteiger partial charge in [0.15, 0.2) is 0 Å². The molecule has 0 bridgehead atoms. The minimum Gasteiger partial charge on any atom is -0.311 e. The van der Waals surface area contributed by atoms with Crippen LogP contribution in [-0.2, 0) is 18.5 Å². The first-order valence-electron chi connectivity index (χ1n) is 6.82. The van der Waals surface area contributed by atoms with E-state index in [1.807, 2.05) is 23.0 Å². The van der Waals surface area contributed by atoms with E-state index in [1.165, 1.54) is 5.56 Å². The number of halogens is 1. The van der Waals surface area contributed by atoms with Crippen LogP contribution in [0.3, 0.4) is 0 Å². The third kappa shape index (κ3) is 4.32. The zero-order valence-corrected chi connectivity index (χ0v) is 13.0. The Morgan fingerprint density at radius 3 is 2.50 bits per heavy atom. The van der Waals surface area contributed by atoms with Crippen molar-refractivity contribution in [3.8, 4) is 0 Å². The van der Waals surface area contributed by atoms with E-state index in [-0.39, 0.29) is 5.54 Å². The van der Waals surface area contributed by atoms with Crippen molar-refractivity contribution in [1.82, 2.24) is 20.3 Å². The molecule has 1 heterocycles. The Balaban J connectivity index is 1.76. The molecule has 0 saturated carbocycles. The molecule has 0 aliphatic rings. The lowest BCUT2D eigenvalue weighted by molar-refractivity contribution is 0.347. The molecule has 0 atom stereocenters. The minimum absolute atomic E-state index is 0.0193. The third-order valence-electron chi connectivity index (χ3n) is 3.04. The summed E-state index contributed by atoms with van der Waals surface area (Å²) in [6, 6.07) is 7.96. The fraction of sp³-hybridized carbons (Fsp3) is 0.467. The van der Waals surface area contributed by atoms with Gasteiger partial charge in [-0.15, -0.1) is 5.10 Å². The molecule has 0 radical (unpaired) electrons. The number of benzene rings is 1. The first-order chi connectivity index (χ1) is 9.45. The van der Waals surface area contributed by atoms with Crippen molar-refractivity contribution in [2.75, 3.05) is 6.54 Å². The van der Waals surface area contributed by atoms with Crippen LogP contribution in [0.1, 0.15) is 32.0 Å². The highest BCUT2D eigenvalue weighted by molar-refractivity contribution is 6.30. The molecule has 4 nitrogen and oxygen atoms in total. The molecule has 5 heteroatoms. The van der Waals surface area contributed by atoms with Gasteiger partial charge in [0.1, 0.15) is 0 Å². The molecule has 20 heavy (non-hydrogen) atoms. The van der Waals surface area contributed by atoms with E-state index < -0.39 is 0 Å². The lowest BCUT2D eigenvalue weighted by Gasteiger charge is -2.17. The van der Waals surface area contributed by atoms with Gasteiger partial charge in [-0.25, -0.2) is 4.68 Å². The maximum Gasteiger partial charge on any atom is 0.0965 e. The number of rotatable bonds is 5. The summed E-state index contributed by atoms with van der Waals surface area (Å²) in [5.74, 6) is 0. The van der Waals surface area contributed by atoms with Gasteiger partial charge in [0, 0.05) is 11.6 Å². The normalized spacial score (nSPS) is 11.8. The molecule has 1 aromatic heterocycles. The molecule has 0 aliphatic heterocycles. The zero-order chi connectivity index (χ0) is 14.6. The fourth-order valence-electron chi connectivity index (χ4n) is 1.81. The van der Waals surface area contributed by atoms with Crippen molar-refractivity contribution in [1.29, 1.82) is 0 Å². The molecule has 1 aromatic carbocycles. The largest absolute Gasteiger partial charge is 0.311 e. The Labute approximate surface area is 125 Å². The molecule has 108 valence electrons. The van der Waals surface area contributed by atoms with Crippen molar-refractivity contribution < 1.29 is 0 Å². The summed E-state index contributed by atoms with van der Waals surface area (Å²) in [4.78, 5) is 0. The van der Waals surface area contributed by atoms with Crippen LogP contribution in [-0.4, -0.2) is 21.5 Å². The van der Waals surface area contributed by atoms with Crippen LogP contribution in [0.25, 0.3) is 0 Å². The van der Waals surface area contributed by atoms with Crippen LogP contribution in [0.5, 0.6) is 0 Å². The maximum atomic E-state index is 5.86. The standard InChI is InChI=1S/C15H21ClN4/c1-15(2,3)20-11-14(18-19-20)10-17-9-8-12-4-6-13(16)7-5-12/h4-7,11,17H,8-10H2,1-3H3. The van der Waals surface area contributed by atoms with Crippen LogP contribution >= 0.6 is 11.6 Å². The summed E-state index contributed by atoms with van der Waals surface area (Å²) in [5.41, 5.74) is 2.23. The summed E-state index contributed by atoms with van der Waals surface area (Å²) in [6.07, 6.45) is 2.97. The van der Waals surface area contributed by atoms with Crippen molar-refractivity contribution >= 4 is 11.6 Å². The average molecular weight is 293 g/mol. The summed E-state index contributed by atoms with van der Waals surface area (Å²) >= 11 is 5.86. The van der Waals surface area contributed by atoms with Crippen LogP contribution in [0, 0.1) is 0 Å². The molecular formula is C15H21ClN4. The highest BCUT2D eigenvalue weighted by Crippen LogP contribution is 2.12. The van der Waals surface area contributed by atoms with Crippen LogP contribution < -0.4 is 5.32 Å². The van der Waals surface area contributed by atoms with Crippen LogP contribution in [0.2, 0.25) is 5.02 Å². The topological polar surface area (TPSA) is 42.7 Å². The molecule has 0 spiro atoms. The highest BCUT2D eigenvalue weighted by Gasteiger charge is 2.14. The smallest absolute Gasteiger partial charge is 0.0965 e. The van der Waals surface area contributed by atoms with E-state index in [2.05, 4.69) is 48.5 Å². The molecule has 0 amide bonds.